The van der Waals surface area contributed by atoms with E-state index in [1.165, 1.54) is 4.68 Å². The fourth-order valence-electron chi connectivity index (χ4n) is 2.51. The normalized spacial score (nSPS) is 18.4. The average Bonchev–Trinajstić information content (AvgIpc) is 2.80. The second-order valence-corrected chi connectivity index (χ2v) is 5.25. The summed E-state index contributed by atoms with van der Waals surface area (Å²) in [5.41, 5.74) is 0.275. The number of rotatable bonds is 3. The minimum Gasteiger partial charge on any atom is -0.462 e. The van der Waals surface area contributed by atoms with Gasteiger partial charge in [-0.15, -0.1) is 0 Å². The number of aryl methyl sites for hydroxylation is 1. The molecule has 2 rings (SSSR count). The summed E-state index contributed by atoms with van der Waals surface area (Å²) in [6, 6.07) is -0.0139. The van der Waals surface area contributed by atoms with E-state index in [1.54, 1.807) is 25.1 Å². The largest absolute Gasteiger partial charge is 0.462 e. The number of piperidine rings is 1. The molecule has 0 bridgehead atoms. The van der Waals surface area contributed by atoms with Crippen LogP contribution in [0.1, 0.15) is 43.5 Å². The quantitative estimate of drug-likeness (QED) is 0.865. The van der Waals surface area contributed by atoms with Gasteiger partial charge < -0.3 is 9.64 Å². The molecule has 0 radical (unpaired) electrons. The highest BCUT2D eigenvalue weighted by Crippen LogP contribution is 2.19. The number of hydrogen-bond acceptors (Lipinski definition) is 4. The summed E-state index contributed by atoms with van der Waals surface area (Å²) in [6.45, 7) is 4.78. The summed E-state index contributed by atoms with van der Waals surface area (Å²) in [4.78, 5) is 26.0. The zero-order chi connectivity index (χ0) is 15.4. The molecule has 116 valence electrons. The van der Waals surface area contributed by atoms with E-state index < -0.39 is 5.97 Å². The molecule has 2 amide bonds. The van der Waals surface area contributed by atoms with Gasteiger partial charge in [-0.2, -0.15) is 5.10 Å². The maximum atomic E-state index is 12.3. The zero-order valence-electron chi connectivity index (χ0n) is 12.8. The minimum atomic E-state index is -0.479. The van der Waals surface area contributed by atoms with Gasteiger partial charge >= 0.3 is 12.0 Å². The van der Waals surface area contributed by atoms with Gasteiger partial charge in [0.2, 0.25) is 0 Å². The van der Waals surface area contributed by atoms with Crippen molar-refractivity contribution in [3.63, 3.8) is 0 Å². The first-order chi connectivity index (χ1) is 10.0. The van der Waals surface area contributed by atoms with E-state index in [-0.39, 0.29) is 30.1 Å². The van der Waals surface area contributed by atoms with Crippen LogP contribution in [0, 0.1) is 0 Å². The second kappa shape index (κ2) is 6.60. The maximum absolute atomic E-state index is 12.3. The van der Waals surface area contributed by atoms with Crippen LogP contribution >= 0.6 is 0 Å². The first-order valence-corrected chi connectivity index (χ1v) is 7.31. The maximum Gasteiger partial charge on any atom is 0.343 e. The number of likely N-dealkylation sites (tertiary alicyclic amines) is 1. The van der Waals surface area contributed by atoms with E-state index in [4.69, 9.17) is 4.74 Å². The molecule has 1 aromatic rings. The van der Waals surface area contributed by atoms with Crippen LogP contribution in [0.5, 0.6) is 0 Å². The van der Waals surface area contributed by atoms with Crippen LogP contribution in [-0.4, -0.2) is 45.9 Å². The molecule has 0 saturated carbocycles. The first-order valence-electron chi connectivity index (χ1n) is 7.31. The fraction of sp³-hybridized carbons (Fsp3) is 0.643. The zero-order valence-corrected chi connectivity index (χ0v) is 12.8. The van der Waals surface area contributed by atoms with E-state index in [0.717, 1.165) is 25.8 Å². The summed E-state index contributed by atoms with van der Waals surface area (Å²) in [7, 11) is 1.70. The van der Waals surface area contributed by atoms with Crippen molar-refractivity contribution in [1.29, 1.82) is 0 Å². The molecule has 0 aliphatic carbocycles. The summed E-state index contributed by atoms with van der Waals surface area (Å²) in [6.07, 6.45) is 4.70. The van der Waals surface area contributed by atoms with E-state index in [1.807, 2.05) is 6.92 Å². The number of urea groups is 1. The molecule has 1 saturated heterocycles. The molecule has 0 unspecified atom stereocenters. The number of ether oxygens (including phenoxy) is 1. The molecule has 1 aliphatic rings. The molecular formula is C14H22N4O3. The Bertz CT molecular complexity index is 526. The average molecular weight is 294 g/mol. The van der Waals surface area contributed by atoms with Gasteiger partial charge in [-0.1, -0.05) is 0 Å². The third kappa shape index (κ3) is 3.53. The number of hydrogen-bond donors (Lipinski definition) is 1. The number of carbonyl (C=O) groups is 2. The number of anilines is 1. The molecule has 1 N–H and O–H groups in total. The van der Waals surface area contributed by atoms with Gasteiger partial charge in [0.15, 0.2) is 5.82 Å². The van der Waals surface area contributed by atoms with Crippen molar-refractivity contribution in [2.24, 2.45) is 7.05 Å². The van der Waals surface area contributed by atoms with Crippen LogP contribution in [0.25, 0.3) is 0 Å². The Balaban J connectivity index is 2.11. The van der Waals surface area contributed by atoms with Crippen LogP contribution in [0.2, 0.25) is 0 Å². The van der Waals surface area contributed by atoms with Crippen molar-refractivity contribution in [2.75, 3.05) is 18.5 Å². The highest BCUT2D eigenvalue weighted by atomic mass is 16.5. The lowest BCUT2D eigenvalue weighted by Crippen LogP contribution is -2.44. The van der Waals surface area contributed by atoms with E-state index in [9.17, 15) is 9.59 Å². The number of nitrogens with one attached hydrogen (secondary N) is 1. The number of carbonyl (C=O) groups excluding carboxylic acids is 2. The molecule has 7 heteroatoms. The number of esters is 1. The molecule has 21 heavy (non-hydrogen) atoms. The van der Waals surface area contributed by atoms with E-state index in [0.29, 0.717) is 0 Å². The molecular weight excluding hydrogens is 272 g/mol. The van der Waals surface area contributed by atoms with Crippen molar-refractivity contribution in [2.45, 2.75) is 39.2 Å². The molecule has 7 nitrogen and oxygen atoms in total. The van der Waals surface area contributed by atoms with Gasteiger partial charge in [0.25, 0.3) is 0 Å². The van der Waals surface area contributed by atoms with Gasteiger partial charge in [0.1, 0.15) is 5.56 Å². The number of amides is 2. The topological polar surface area (TPSA) is 76.5 Å². The summed E-state index contributed by atoms with van der Waals surface area (Å²) in [5.74, 6) is -0.230. The highest BCUT2D eigenvalue weighted by molar-refractivity contribution is 5.99. The minimum absolute atomic E-state index is 0.202. The Morgan fingerprint density at radius 2 is 2.24 bits per heavy atom. The van der Waals surface area contributed by atoms with Crippen LogP contribution in [0.15, 0.2) is 6.20 Å². The molecule has 2 heterocycles. The highest BCUT2D eigenvalue weighted by Gasteiger charge is 2.26. The molecule has 1 aliphatic heterocycles. The van der Waals surface area contributed by atoms with Crippen molar-refractivity contribution in [3.8, 4) is 0 Å². The van der Waals surface area contributed by atoms with Gasteiger partial charge in [-0.05, 0) is 33.1 Å². The molecule has 1 fully saturated rings. The Morgan fingerprint density at radius 1 is 1.48 bits per heavy atom. The lowest BCUT2D eigenvalue weighted by atomic mass is 10.0. The standard InChI is InChI=1S/C14H22N4O3/c1-4-21-13(19)11-9-17(3)16-12(11)15-14(20)18-8-6-5-7-10(18)2/h9-10H,4-8H2,1-3H3,(H,15,16,20)/t10-/m1/s1. The Labute approximate surface area is 124 Å². The SMILES string of the molecule is CCOC(=O)c1cn(C)nc1NC(=O)N1CCCC[C@H]1C. The van der Waals surface area contributed by atoms with Crippen LogP contribution < -0.4 is 5.32 Å². The number of nitrogens with zero attached hydrogens (tertiary/aromatic N) is 3. The van der Waals surface area contributed by atoms with E-state index >= 15 is 0 Å². The predicted molar refractivity (Wildman–Crippen MR) is 78.2 cm³/mol. The van der Waals surface area contributed by atoms with Crippen LogP contribution in [0.4, 0.5) is 10.6 Å². The summed E-state index contributed by atoms with van der Waals surface area (Å²) < 4.78 is 6.46. The third-order valence-corrected chi connectivity index (χ3v) is 3.61. The van der Waals surface area contributed by atoms with Gasteiger partial charge in [0, 0.05) is 25.8 Å². The van der Waals surface area contributed by atoms with Gasteiger partial charge in [-0.25, -0.2) is 9.59 Å². The Kier molecular flexibility index (Phi) is 4.82. The molecule has 1 aromatic heterocycles. The molecule has 0 aromatic carbocycles. The third-order valence-electron chi connectivity index (χ3n) is 3.61. The first kappa shape index (κ1) is 15.3. The van der Waals surface area contributed by atoms with Crippen molar-refractivity contribution in [1.82, 2.24) is 14.7 Å². The Morgan fingerprint density at radius 3 is 2.90 bits per heavy atom. The number of aromatic nitrogens is 2. The smallest absolute Gasteiger partial charge is 0.343 e. The van der Waals surface area contributed by atoms with Crippen molar-refractivity contribution < 1.29 is 14.3 Å². The van der Waals surface area contributed by atoms with Crippen molar-refractivity contribution in [3.05, 3.63) is 11.8 Å². The van der Waals surface area contributed by atoms with Crippen molar-refractivity contribution >= 4 is 17.8 Å². The summed E-state index contributed by atoms with van der Waals surface area (Å²) in [5, 5.41) is 6.86. The molecule has 0 spiro atoms. The van der Waals surface area contributed by atoms with Crippen LogP contribution in [0.3, 0.4) is 0 Å². The predicted octanol–water partition coefficient (Wildman–Crippen LogP) is 2.00. The lowest BCUT2D eigenvalue weighted by molar-refractivity contribution is 0.0527. The second-order valence-electron chi connectivity index (χ2n) is 5.25. The van der Waals surface area contributed by atoms with Crippen LogP contribution in [-0.2, 0) is 11.8 Å². The molecule has 1 atom stereocenters. The fourth-order valence-corrected chi connectivity index (χ4v) is 2.51. The monoisotopic (exact) mass is 294 g/mol. The van der Waals surface area contributed by atoms with Gasteiger partial charge in [-0.3, -0.25) is 10.00 Å². The van der Waals surface area contributed by atoms with E-state index in [2.05, 4.69) is 10.4 Å². The summed E-state index contributed by atoms with van der Waals surface area (Å²) >= 11 is 0. The lowest BCUT2D eigenvalue weighted by Gasteiger charge is -2.33. The Hall–Kier alpha value is -2.05. The van der Waals surface area contributed by atoms with Gasteiger partial charge in [0.05, 0.1) is 6.61 Å².